The van der Waals surface area contributed by atoms with Gasteiger partial charge in [0.25, 0.3) is 0 Å². The van der Waals surface area contributed by atoms with Crippen molar-refractivity contribution in [3.8, 4) is 0 Å². The van der Waals surface area contributed by atoms with Crippen molar-refractivity contribution >= 4 is 23.4 Å². The van der Waals surface area contributed by atoms with Gasteiger partial charge in [-0.05, 0) is 24.1 Å². The number of halogens is 4. The second kappa shape index (κ2) is 4.94. The van der Waals surface area contributed by atoms with Crippen LogP contribution in [0.3, 0.4) is 0 Å². The number of thioether (sulfide) groups is 1. The summed E-state index contributed by atoms with van der Waals surface area (Å²) in [4.78, 5) is 0. The quantitative estimate of drug-likeness (QED) is 0.765. The van der Waals surface area contributed by atoms with E-state index in [4.69, 9.17) is 11.6 Å². The van der Waals surface area contributed by atoms with Gasteiger partial charge in [-0.3, -0.25) is 0 Å². The number of hydrogen-bond donors (Lipinski definition) is 0. The highest BCUT2D eigenvalue weighted by molar-refractivity contribution is 8.00. The van der Waals surface area contributed by atoms with Crippen LogP contribution in [0.4, 0.5) is 13.2 Å². The molecule has 1 aromatic carbocycles. The smallest absolute Gasteiger partial charge is 0.160 e. The van der Waals surface area contributed by atoms with E-state index in [1.165, 1.54) is 0 Å². The third-order valence-electron chi connectivity index (χ3n) is 1.57. The number of alkyl halides is 3. The summed E-state index contributed by atoms with van der Waals surface area (Å²) in [5, 5.41) is 0.595. The third kappa shape index (κ3) is 4.77. The highest BCUT2D eigenvalue weighted by Gasteiger charge is 2.27. The summed E-state index contributed by atoms with van der Waals surface area (Å²) in [6, 6.07) is 6.82. The van der Waals surface area contributed by atoms with E-state index < -0.39 is 5.51 Å². The molecule has 78 valence electrons. The zero-order valence-electron chi connectivity index (χ0n) is 7.14. The van der Waals surface area contributed by atoms with E-state index in [0.717, 1.165) is 5.56 Å². The van der Waals surface area contributed by atoms with E-state index >= 15 is 0 Å². The maximum absolute atomic E-state index is 11.8. The molecule has 5 heteroatoms. The predicted octanol–water partition coefficient (Wildman–Crippen LogP) is 4.14. The van der Waals surface area contributed by atoms with Crippen molar-refractivity contribution < 1.29 is 13.2 Å². The van der Waals surface area contributed by atoms with Gasteiger partial charge in [0.05, 0.1) is 0 Å². The van der Waals surface area contributed by atoms with Crippen LogP contribution < -0.4 is 0 Å². The zero-order valence-corrected chi connectivity index (χ0v) is 8.72. The van der Waals surface area contributed by atoms with Gasteiger partial charge in [-0.25, -0.2) is 0 Å². The Balaban J connectivity index is 2.35. The van der Waals surface area contributed by atoms with E-state index in [1.54, 1.807) is 24.3 Å². The first kappa shape index (κ1) is 11.7. The summed E-state index contributed by atoms with van der Waals surface area (Å²) in [6.45, 7) is 0. The van der Waals surface area contributed by atoms with Crippen LogP contribution in [-0.2, 0) is 6.42 Å². The Morgan fingerprint density at radius 1 is 1.14 bits per heavy atom. The monoisotopic (exact) mass is 240 g/mol. The molecule has 0 radical (unpaired) electrons. The van der Waals surface area contributed by atoms with Crippen LogP contribution in [0.15, 0.2) is 24.3 Å². The molecule has 0 saturated heterocycles. The molecule has 0 heterocycles. The van der Waals surface area contributed by atoms with Crippen LogP contribution in [-0.4, -0.2) is 11.3 Å². The molecule has 0 N–H and O–H groups in total. The van der Waals surface area contributed by atoms with Gasteiger partial charge in [-0.2, -0.15) is 13.2 Å². The van der Waals surface area contributed by atoms with Crippen molar-refractivity contribution in [1.82, 2.24) is 0 Å². The number of benzene rings is 1. The second-order valence-electron chi connectivity index (χ2n) is 2.67. The summed E-state index contributed by atoms with van der Waals surface area (Å²) < 4.78 is 35.3. The van der Waals surface area contributed by atoms with Crippen LogP contribution >= 0.6 is 23.4 Å². The molecule has 0 aliphatic rings. The predicted molar refractivity (Wildman–Crippen MR) is 53.7 cm³/mol. The Kier molecular flexibility index (Phi) is 4.13. The fourth-order valence-corrected chi connectivity index (χ4v) is 1.63. The van der Waals surface area contributed by atoms with Crippen molar-refractivity contribution in [2.45, 2.75) is 11.9 Å². The summed E-state index contributed by atoms with van der Waals surface area (Å²) >= 11 is 5.63. The first-order valence-electron chi connectivity index (χ1n) is 3.92. The fourth-order valence-electron chi connectivity index (χ4n) is 0.936. The molecule has 0 aliphatic heterocycles. The molecule has 0 nitrogen and oxygen atoms in total. The molecule has 0 aliphatic carbocycles. The van der Waals surface area contributed by atoms with Gasteiger partial charge in [-0.15, -0.1) is 0 Å². The van der Waals surface area contributed by atoms with E-state index in [-0.39, 0.29) is 17.5 Å². The van der Waals surface area contributed by atoms with Gasteiger partial charge in [-0.1, -0.05) is 35.5 Å². The molecule has 1 rings (SSSR count). The zero-order chi connectivity index (χ0) is 10.6. The molecule has 14 heavy (non-hydrogen) atoms. The molecular weight excluding hydrogens is 233 g/mol. The molecule has 0 atom stereocenters. The first-order valence-corrected chi connectivity index (χ1v) is 5.29. The Morgan fingerprint density at radius 3 is 2.21 bits per heavy atom. The Morgan fingerprint density at radius 2 is 1.71 bits per heavy atom. The highest BCUT2D eigenvalue weighted by atomic mass is 35.5. The van der Waals surface area contributed by atoms with Crippen molar-refractivity contribution in [2.24, 2.45) is 0 Å². The van der Waals surface area contributed by atoms with E-state index in [1.807, 2.05) is 0 Å². The van der Waals surface area contributed by atoms with Gasteiger partial charge in [0.2, 0.25) is 0 Å². The van der Waals surface area contributed by atoms with Gasteiger partial charge in [0.1, 0.15) is 0 Å². The summed E-state index contributed by atoms with van der Waals surface area (Å²) in [6.07, 6.45) is 0.404. The minimum atomic E-state index is -4.13. The lowest BCUT2D eigenvalue weighted by Crippen LogP contribution is -2.02. The average molecular weight is 241 g/mol. The molecule has 0 amide bonds. The van der Waals surface area contributed by atoms with Crippen molar-refractivity contribution in [3.05, 3.63) is 34.9 Å². The molecule has 0 bridgehead atoms. The molecule has 0 saturated carbocycles. The maximum atomic E-state index is 11.8. The third-order valence-corrected chi connectivity index (χ3v) is 2.56. The lowest BCUT2D eigenvalue weighted by molar-refractivity contribution is -0.0327. The standard InChI is InChI=1S/C9H8ClF3S/c10-8-3-1-7(2-4-8)5-6-14-9(11,12)13/h1-4H,5-6H2. The molecule has 0 unspecified atom stereocenters. The molecular formula is C9H8ClF3S. The molecule has 0 aromatic heterocycles. The van der Waals surface area contributed by atoms with Crippen LogP contribution in [0.2, 0.25) is 5.02 Å². The van der Waals surface area contributed by atoms with E-state index in [0.29, 0.717) is 11.4 Å². The minimum absolute atomic E-state index is 0.000383. The SMILES string of the molecule is FC(F)(F)SCCc1ccc(Cl)cc1. The largest absolute Gasteiger partial charge is 0.441 e. The normalized spacial score (nSPS) is 11.7. The number of hydrogen-bond acceptors (Lipinski definition) is 1. The van der Waals surface area contributed by atoms with Crippen molar-refractivity contribution in [3.63, 3.8) is 0 Å². The van der Waals surface area contributed by atoms with Crippen LogP contribution in [0.5, 0.6) is 0 Å². The molecule has 0 spiro atoms. The second-order valence-corrected chi connectivity index (χ2v) is 4.27. The van der Waals surface area contributed by atoms with Gasteiger partial charge in [0, 0.05) is 10.8 Å². The van der Waals surface area contributed by atoms with Crippen molar-refractivity contribution in [1.29, 1.82) is 0 Å². The lowest BCUT2D eigenvalue weighted by atomic mass is 10.2. The average Bonchev–Trinajstić information content (AvgIpc) is 2.06. The topological polar surface area (TPSA) is 0 Å². The van der Waals surface area contributed by atoms with E-state index in [9.17, 15) is 13.2 Å². The van der Waals surface area contributed by atoms with E-state index in [2.05, 4.69) is 0 Å². The molecule has 0 fully saturated rings. The lowest BCUT2D eigenvalue weighted by Gasteiger charge is -2.05. The summed E-state index contributed by atoms with van der Waals surface area (Å²) in [7, 11) is 0. The maximum Gasteiger partial charge on any atom is 0.441 e. The Hall–Kier alpha value is -0.350. The number of rotatable bonds is 3. The van der Waals surface area contributed by atoms with Crippen LogP contribution in [0, 0.1) is 0 Å². The molecule has 1 aromatic rings. The van der Waals surface area contributed by atoms with Crippen LogP contribution in [0.1, 0.15) is 5.56 Å². The summed E-state index contributed by atoms with van der Waals surface area (Å²) in [5.74, 6) is 0.0468. The number of aryl methyl sites for hydroxylation is 1. The van der Waals surface area contributed by atoms with Crippen LogP contribution in [0.25, 0.3) is 0 Å². The highest BCUT2D eigenvalue weighted by Crippen LogP contribution is 2.30. The first-order chi connectivity index (χ1) is 6.47. The Bertz CT molecular complexity index is 281. The fraction of sp³-hybridized carbons (Fsp3) is 0.333. The summed E-state index contributed by atoms with van der Waals surface area (Å²) in [5.41, 5.74) is -3.27. The van der Waals surface area contributed by atoms with Crippen molar-refractivity contribution in [2.75, 3.05) is 5.75 Å². The van der Waals surface area contributed by atoms with Gasteiger partial charge < -0.3 is 0 Å². The minimum Gasteiger partial charge on any atom is -0.160 e. The van der Waals surface area contributed by atoms with Gasteiger partial charge in [0.15, 0.2) is 0 Å². The van der Waals surface area contributed by atoms with Gasteiger partial charge >= 0.3 is 5.51 Å². The Labute approximate surface area is 89.4 Å².